The molecule has 5 nitrogen and oxygen atoms in total. The van der Waals surface area contributed by atoms with Gasteiger partial charge in [0.05, 0.1) is 18.3 Å². The van der Waals surface area contributed by atoms with Crippen LogP contribution in [-0.2, 0) is 6.54 Å². The number of hydrogen-bond acceptors (Lipinski definition) is 3. The Kier molecular flexibility index (Phi) is 7.46. The van der Waals surface area contributed by atoms with Crippen molar-refractivity contribution in [2.75, 3.05) is 13.7 Å². The zero-order valence-electron chi connectivity index (χ0n) is 16.3. The first kappa shape index (κ1) is 21.1. The van der Waals surface area contributed by atoms with Crippen LogP contribution in [0.5, 0.6) is 5.75 Å². The molecule has 0 aliphatic carbocycles. The number of halogens is 1. The molecule has 0 bridgehead atoms. The van der Waals surface area contributed by atoms with E-state index in [-0.39, 0.29) is 30.0 Å². The van der Waals surface area contributed by atoms with Crippen molar-refractivity contribution in [3.63, 3.8) is 0 Å². The molecule has 4 rings (SSSR count). The Bertz CT molecular complexity index is 962. The topological polar surface area (TPSA) is 58.5 Å². The second-order valence-corrected chi connectivity index (χ2v) is 6.71. The summed E-state index contributed by atoms with van der Waals surface area (Å²) >= 11 is 0. The van der Waals surface area contributed by atoms with Crippen molar-refractivity contribution in [2.24, 2.45) is 4.99 Å². The highest BCUT2D eigenvalue weighted by Crippen LogP contribution is 2.31. The summed E-state index contributed by atoms with van der Waals surface area (Å²) < 4.78 is 5.75. The maximum absolute atomic E-state index is 5.75. The Balaban J connectivity index is 0.00000240. The minimum atomic E-state index is 0. The van der Waals surface area contributed by atoms with Crippen molar-refractivity contribution in [3.8, 4) is 17.0 Å². The zero-order chi connectivity index (χ0) is 19.2. The van der Waals surface area contributed by atoms with Crippen LogP contribution in [0.2, 0.25) is 0 Å². The largest absolute Gasteiger partial charge is 0.493 e. The number of fused-ring (bicyclic) bond motifs is 1. The van der Waals surface area contributed by atoms with Gasteiger partial charge in [0.15, 0.2) is 5.96 Å². The highest BCUT2D eigenvalue weighted by molar-refractivity contribution is 14.0. The summed E-state index contributed by atoms with van der Waals surface area (Å²) in [6.07, 6.45) is 2.73. The molecule has 150 valence electrons. The van der Waals surface area contributed by atoms with E-state index in [0.29, 0.717) is 13.2 Å². The molecule has 0 amide bonds. The lowest BCUT2D eigenvalue weighted by atomic mass is 10.0. The third-order valence-corrected chi connectivity index (χ3v) is 4.84. The van der Waals surface area contributed by atoms with E-state index in [9.17, 15) is 0 Å². The summed E-state index contributed by atoms with van der Waals surface area (Å²) in [5, 5.41) is 6.95. The van der Waals surface area contributed by atoms with Crippen LogP contribution in [0.1, 0.15) is 23.6 Å². The van der Waals surface area contributed by atoms with Crippen molar-refractivity contribution in [3.05, 3.63) is 84.1 Å². The van der Waals surface area contributed by atoms with Gasteiger partial charge in [-0.25, -0.2) is 0 Å². The van der Waals surface area contributed by atoms with Crippen LogP contribution in [0.4, 0.5) is 0 Å². The van der Waals surface area contributed by atoms with Crippen LogP contribution in [0, 0.1) is 0 Å². The smallest absolute Gasteiger partial charge is 0.191 e. The fourth-order valence-corrected chi connectivity index (χ4v) is 3.41. The summed E-state index contributed by atoms with van der Waals surface area (Å²) in [5.74, 6) is 1.73. The van der Waals surface area contributed by atoms with Crippen molar-refractivity contribution < 1.29 is 4.74 Å². The van der Waals surface area contributed by atoms with Crippen molar-refractivity contribution in [1.82, 2.24) is 15.6 Å². The fourth-order valence-electron chi connectivity index (χ4n) is 3.41. The van der Waals surface area contributed by atoms with Gasteiger partial charge in [-0.05, 0) is 29.8 Å². The molecule has 0 saturated heterocycles. The lowest BCUT2D eigenvalue weighted by molar-refractivity contribution is 0.261. The molecule has 0 spiro atoms. The van der Waals surface area contributed by atoms with Gasteiger partial charge >= 0.3 is 0 Å². The standard InChI is InChI=1S/C23H24N4O.HI/c1-24-23(27-21-12-14-28-22-11-3-2-9-19(21)22)26-16-17-7-6-8-18(15-17)20-10-4-5-13-25-20;/h2-11,13,15,21H,12,14,16H2,1H3,(H2,24,26,27);1H. The van der Waals surface area contributed by atoms with Gasteiger partial charge in [0, 0.05) is 37.3 Å². The Labute approximate surface area is 188 Å². The number of benzene rings is 2. The number of rotatable bonds is 4. The molecule has 1 unspecified atom stereocenters. The number of ether oxygens (including phenoxy) is 1. The Morgan fingerprint density at radius 2 is 1.97 bits per heavy atom. The minimum Gasteiger partial charge on any atom is -0.493 e. The summed E-state index contributed by atoms with van der Waals surface area (Å²) in [4.78, 5) is 8.82. The van der Waals surface area contributed by atoms with E-state index in [1.165, 1.54) is 11.1 Å². The summed E-state index contributed by atoms with van der Waals surface area (Å²) in [5.41, 5.74) is 4.44. The molecule has 29 heavy (non-hydrogen) atoms. The monoisotopic (exact) mass is 500 g/mol. The number of nitrogens with one attached hydrogen (secondary N) is 2. The van der Waals surface area contributed by atoms with Gasteiger partial charge in [-0.2, -0.15) is 0 Å². The van der Waals surface area contributed by atoms with Crippen LogP contribution < -0.4 is 15.4 Å². The third kappa shape index (κ3) is 5.26. The molecule has 0 radical (unpaired) electrons. The lowest BCUT2D eigenvalue weighted by Crippen LogP contribution is -2.40. The number of aromatic nitrogens is 1. The van der Waals surface area contributed by atoms with Gasteiger partial charge in [0.1, 0.15) is 5.75 Å². The van der Waals surface area contributed by atoms with Crippen molar-refractivity contribution in [2.45, 2.75) is 19.0 Å². The number of guanidine groups is 1. The molecular weight excluding hydrogens is 475 g/mol. The van der Waals surface area contributed by atoms with E-state index in [1.54, 1.807) is 7.05 Å². The van der Waals surface area contributed by atoms with E-state index in [1.807, 2.05) is 42.6 Å². The van der Waals surface area contributed by atoms with Crippen molar-refractivity contribution in [1.29, 1.82) is 0 Å². The third-order valence-electron chi connectivity index (χ3n) is 4.84. The minimum absolute atomic E-state index is 0. The molecule has 2 heterocycles. The first-order valence-electron chi connectivity index (χ1n) is 9.53. The van der Waals surface area contributed by atoms with Gasteiger partial charge in [0.2, 0.25) is 0 Å². The SMILES string of the molecule is CN=C(NCc1cccc(-c2ccccn2)c1)NC1CCOc2ccccc21.I. The first-order valence-corrected chi connectivity index (χ1v) is 9.53. The van der Waals surface area contributed by atoms with Crippen molar-refractivity contribution >= 4 is 29.9 Å². The highest BCUT2D eigenvalue weighted by Gasteiger charge is 2.21. The molecule has 1 aromatic heterocycles. The molecule has 0 fully saturated rings. The second kappa shape index (κ2) is 10.2. The van der Waals surface area contributed by atoms with E-state index in [4.69, 9.17) is 4.74 Å². The number of hydrogen-bond donors (Lipinski definition) is 2. The molecule has 2 N–H and O–H groups in total. The van der Waals surface area contributed by atoms with E-state index in [0.717, 1.165) is 29.4 Å². The number of nitrogens with zero attached hydrogens (tertiary/aromatic N) is 2. The van der Waals surface area contributed by atoms with Crippen LogP contribution in [-0.4, -0.2) is 24.6 Å². The molecule has 1 aliphatic heterocycles. The molecule has 0 saturated carbocycles. The second-order valence-electron chi connectivity index (χ2n) is 6.71. The number of para-hydroxylation sites is 1. The number of aliphatic imine (C=N–C) groups is 1. The van der Waals surface area contributed by atoms with Gasteiger partial charge < -0.3 is 15.4 Å². The van der Waals surface area contributed by atoms with Gasteiger partial charge in [-0.1, -0.05) is 42.5 Å². The molecular formula is C23H25IN4O. The van der Waals surface area contributed by atoms with Crippen LogP contribution >= 0.6 is 24.0 Å². The Morgan fingerprint density at radius 3 is 2.79 bits per heavy atom. The lowest BCUT2D eigenvalue weighted by Gasteiger charge is -2.28. The average molecular weight is 500 g/mol. The Hall–Kier alpha value is -2.61. The van der Waals surface area contributed by atoms with Gasteiger partial charge in [-0.15, -0.1) is 24.0 Å². The van der Waals surface area contributed by atoms with E-state index in [2.05, 4.69) is 50.9 Å². The van der Waals surface area contributed by atoms with Crippen LogP contribution in [0.15, 0.2) is 77.9 Å². The fraction of sp³-hybridized carbons (Fsp3) is 0.217. The zero-order valence-corrected chi connectivity index (χ0v) is 18.7. The van der Waals surface area contributed by atoms with Gasteiger partial charge in [0.25, 0.3) is 0 Å². The Morgan fingerprint density at radius 1 is 1.10 bits per heavy atom. The maximum atomic E-state index is 5.75. The summed E-state index contributed by atoms with van der Waals surface area (Å²) in [6, 6.07) is 22.7. The number of pyridine rings is 1. The molecule has 1 aliphatic rings. The summed E-state index contributed by atoms with van der Waals surface area (Å²) in [6.45, 7) is 1.39. The summed E-state index contributed by atoms with van der Waals surface area (Å²) in [7, 11) is 1.80. The molecule has 1 atom stereocenters. The first-order chi connectivity index (χ1) is 13.8. The molecule has 3 aromatic rings. The normalized spacial score (nSPS) is 15.5. The molecule has 6 heteroatoms. The highest BCUT2D eigenvalue weighted by atomic mass is 127. The molecule has 2 aromatic carbocycles. The van der Waals surface area contributed by atoms with Crippen LogP contribution in [0.3, 0.4) is 0 Å². The van der Waals surface area contributed by atoms with Gasteiger partial charge in [-0.3, -0.25) is 9.98 Å². The van der Waals surface area contributed by atoms with E-state index >= 15 is 0 Å². The van der Waals surface area contributed by atoms with E-state index < -0.39 is 0 Å². The average Bonchev–Trinajstić information content (AvgIpc) is 2.77. The quantitative estimate of drug-likeness (QED) is 0.314. The predicted octanol–water partition coefficient (Wildman–Crippen LogP) is 4.56. The maximum Gasteiger partial charge on any atom is 0.191 e. The predicted molar refractivity (Wildman–Crippen MR) is 128 cm³/mol. The van der Waals surface area contributed by atoms with Crippen LogP contribution in [0.25, 0.3) is 11.3 Å².